The van der Waals surface area contributed by atoms with Crippen molar-refractivity contribution in [3.63, 3.8) is 0 Å². The highest BCUT2D eigenvalue weighted by molar-refractivity contribution is 6.23. The van der Waals surface area contributed by atoms with E-state index in [-0.39, 0.29) is 17.4 Å². The van der Waals surface area contributed by atoms with Crippen LogP contribution in [0.3, 0.4) is 0 Å². The molecule has 2 fully saturated rings. The van der Waals surface area contributed by atoms with E-state index in [1.54, 1.807) is 6.08 Å². The predicted molar refractivity (Wildman–Crippen MR) is 119 cm³/mol. The SMILES string of the molecule is CCN(CC)c1ccc(C=C2C(=O)NC3(CCCCCCCCC3)NC2=O)cc1. The Kier molecular flexibility index (Phi) is 7.34. The van der Waals surface area contributed by atoms with Gasteiger partial charge in [-0.3, -0.25) is 9.59 Å². The highest BCUT2D eigenvalue weighted by Crippen LogP contribution is 2.27. The molecule has 1 saturated carbocycles. The average molecular weight is 398 g/mol. The minimum absolute atomic E-state index is 0.198. The van der Waals surface area contributed by atoms with Crippen LogP contribution in [0.1, 0.15) is 77.2 Å². The first kappa shape index (κ1) is 21.4. The predicted octanol–water partition coefficient (Wildman–Crippen LogP) is 4.38. The number of amides is 2. The lowest BCUT2D eigenvalue weighted by Gasteiger charge is -2.40. The zero-order valence-corrected chi connectivity index (χ0v) is 17.9. The first-order chi connectivity index (χ1) is 14.1. The monoisotopic (exact) mass is 397 g/mol. The molecule has 1 aromatic carbocycles. The van der Waals surface area contributed by atoms with Crippen molar-refractivity contribution in [3.05, 3.63) is 35.4 Å². The standard InChI is InChI=1S/C24H35N3O2/c1-3-27(4-2)20-14-12-19(13-15-20)18-21-22(28)25-24(26-23(21)29)16-10-8-6-5-7-9-11-17-24/h12-15,18H,3-11,16-17H2,1-2H3,(H,25,28)(H,26,29). The molecule has 29 heavy (non-hydrogen) atoms. The van der Waals surface area contributed by atoms with Gasteiger partial charge in [-0.15, -0.1) is 0 Å². The third-order valence-corrected chi connectivity index (χ3v) is 6.23. The van der Waals surface area contributed by atoms with Gasteiger partial charge in [0.25, 0.3) is 11.8 Å². The van der Waals surface area contributed by atoms with Crippen molar-refractivity contribution in [1.29, 1.82) is 0 Å². The van der Waals surface area contributed by atoms with Gasteiger partial charge in [0, 0.05) is 18.8 Å². The Morgan fingerprint density at radius 3 is 1.79 bits per heavy atom. The summed E-state index contributed by atoms with van der Waals surface area (Å²) < 4.78 is 0. The first-order valence-electron chi connectivity index (χ1n) is 11.3. The maximum absolute atomic E-state index is 12.9. The maximum Gasteiger partial charge on any atom is 0.258 e. The molecule has 5 heteroatoms. The van der Waals surface area contributed by atoms with E-state index in [2.05, 4.69) is 29.4 Å². The molecule has 0 aromatic heterocycles. The Morgan fingerprint density at radius 1 is 0.828 bits per heavy atom. The van der Waals surface area contributed by atoms with Crippen molar-refractivity contribution in [2.24, 2.45) is 0 Å². The van der Waals surface area contributed by atoms with Gasteiger partial charge in [-0.1, -0.05) is 44.2 Å². The highest BCUT2D eigenvalue weighted by Gasteiger charge is 2.40. The van der Waals surface area contributed by atoms with E-state index in [1.807, 2.05) is 24.3 Å². The van der Waals surface area contributed by atoms with Crippen LogP contribution >= 0.6 is 0 Å². The molecule has 2 amide bonds. The third kappa shape index (κ3) is 5.40. The topological polar surface area (TPSA) is 61.4 Å². The third-order valence-electron chi connectivity index (χ3n) is 6.23. The molecular formula is C24H35N3O2. The van der Waals surface area contributed by atoms with E-state index in [0.717, 1.165) is 62.9 Å². The average Bonchev–Trinajstić information content (AvgIpc) is 2.72. The molecule has 3 rings (SSSR count). The van der Waals surface area contributed by atoms with Crippen LogP contribution in [0.4, 0.5) is 5.69 Å². The lowest BCUT2D eigenvalue weighted by molar-refractivity contribution is -0.131. The fourth-order valence-corrected chi connectivity index (χ4v) is 4.48. The molecule has 1 saturated heterocycles. The number of carbonyl (C=O) groups excluding carboxylic acids is 2. The lowest BCUT2D eigenvalue weighted by Crippen LogP contribution is -2.66. The van der Waals surface area contributed by atoms with Crippen LogP contribution in [-0.4, -0.2) is 30.6 Å². The summed E-state index contributed by atoms with van der Waals surface area (Å²) in [7, 11) is 0. The Labute approximate surface area is 174 Å². The van der Waals surface area contributed by atoms with Crippen molar-refractivity contribution >= 4 is 23.6 Å². The minimum Gasteiger partial charge on any atom is -0.372 e. The normalized spacial score (nSPS) is 20.0. The van der Waals surface area contributed by atoms with Gasteiger partial charge in [0.2, 0.25) is 0 Å². The smallest absolute Gasteiger partial charge is 0.258 e. The number of nitrogens with zero attached hydrogens (tertiary/aromatic N) is 1. The molecule has 0 unspecified atom stereocenters. The Morgan fingerprint density at radius 2 is 1.31 bits per heavy atom. The Balaban J connectivity index is 1.73. The molecule has 0 bridgehead atoms. The second-order valence-electron chi connectivity index (χ2n) is 8.29. The number of anilines is 1. The van der Waals surface area contributed by atoms with Gasteiger partial charge < -0.3 is 15.5 Å². The van der Waals surface area contributed by atoms with Gasteiger partial charge in [-0.05, 0) is 63.3 Å². The summed E-state index contributed by atoms with van der Waals surface area (Å²) >= 11 is 0. The zero-order valence-electron chi connectivity index (χ0n) is 17.9. The second-order valence-corrected chi connectivity index (χ2v) is 8.29. The largest absolute Gasteiger partial charge is 0.372 e. The van der Waals surface area contributed by atoms with E-state index in [9.17, 15) is 9.59 Å². The number of hydrogen-bond donors (Lipinski definition) is 2. The lowest BCUT2D eigenvalue weighted by atomic mass is 9.89. The van der Waals surface area contributed by atoms with Crippen LogP contribution in [0.25, 0.3) is 6.08 Å². The molecule has 1 heterocycles. The first-order valence-corrected chi connectivity index (χ1v) is 11.3. The van der Waals surface area contributed by atoms with Crippen LogP contribution in [0.5, 0.6) is 0 Å². The molecule has 1 aliphatic heterocycles. The van der Waals surface area contributed by atoms with Crippen molar-refractivity contribution in [3.8, 4) is 0 Å². The molecule has 2 aliphatic rings. The number of rotatable bonds is 4. The number of hydrogen-bond acceptors (Lipinski definition) is 3. The van der Waals surface area contributed by atoms with Gasteiger partial charge >= 0.3 is 0 Å². The minimum atomic E-state index is -0.574. The van der Waals surface area contributed by atoms with Crippen LogP contribution in [-0.2, 0) is 9.59 Å². The maximum atomic E-state index is 12.9. The highest BCUT2D eigenvalue weighted by atomic mass is 16.2. The van der Waals surface area contributed by atoms with Gasteiger partial charge in [-0.25, -0.2) is 0 Å². The second kappa shape index (κ2) is 9.95. The van der Waals surface area contributed by atoms with E-state index in [1.165, 1.54) is 19.3 Å². The summed E-state index contributed by atoms with van der Waals surface area (Å²) in [5.41, 5.74) is 1.64. The zero-order chi connectivity index (χ0) is 20.7. The van der Waals surface area contributed by atoms with Gasteiger partial charge in [0.1, 0.15) is 11.2 Å². The van der Waals surface area contributed by atoms with Crippen molar-refractivity contribution in [2.45, 2.75) is 77.3 Å². The van der Waals surface area contributed by atoms with Gasteiger partial charge in [-0.2, -0.15) is 0 Å². The summed E-state index contributed by atoms with van der Waals surface area (Å²) in [6.45, 7) is 6.16. The van der Waals surface area contributed by atoms with E-state index in [0.29, 0.717) is 0 Å². The summed E-state index contributed by atoms with van der Waals surface area (Å²) in [5.74, 6) is -0.503. The molecule has 0 atom stereocenters. The summed E-state index contributed by atoms with van der Waals surface area (Å²) in [6, 6.07) is 8.02. The fraction of sp³-hybridized carbons (Fsp3) is 0.583. The fourth-order valence-electron chi connectivity index (χ4n) is 4.48. The van der Waals surface area contributed by atoms with Crippen LogP contribution in [0.2, 0.25) is 0 Å². The van der Waals surface area contributed by atoms with Crippen molar-refractivity contribution < 1.29 is 9.59 Å². The van der Waals surface area contributed by atoms with Crippen molar-refractivity contribution in [2.75, 3.05) is 18.0 Å². The van der Waals surface area contributed by atoms with Gasteiger partial charge in [0.15, 0.2) is 0 Å². The van der Waals surface area contributed by atoms with Crippen LogP contribution < -0.4 is 15.5 Å². The molecule has 1 aromatic rings. The Hall–Kier alpha value is -2.30. The molecule has 158 valence electrons. The number of carbonyl (C=O) groups is 2. The van der Waals surface area contributed by atoms with Crippen LogP contribution in [0.15, 0.2) is 29.8 Å². The van der Waals surface area contributed by atoms with E-state index >= 15 is 0 Å². The molecule has 5 nitrogen and oxygen atoms in total. The van der Waals surface area contributed by atoms with E-state index in [4.69, 9.17) is 0 Å². The quantitative estimate of drug-likeness (QED) is 0.585. The summed E-state index contributed by atoms with van der Waals surface area (Å²) in [5, 5.41) is 6.30. The summed E-state index contributed by atoms with van der Waals surface area (Å²) in [4.78, 5) is 28.0. The molecule has 0 radical (unpaired) electrons. The number of benzene rings is 1. The molecule has 1 aliphatic carbocycles. The molecule has 1 spiro atoms. The van der Waals surface area contributed by atoms with Crippen molar-refractivity contribution in [1.82, 2.24) is 10.6 Å². The van der Waals surface area contributed by atoms with E-state index < -0.39 is 5.66 Å². The molecule has 2 N–H and O–H groups in total. The van der Waals surface area contributed by atoms with Crippen LogP contribution in [0, 0.1) is 0 Å². The Bertz CT molecular complexity index is 703. The summed E-state index contributed by atoms with van der Waals surface area (Å²) in [6.07, 6.45) is 11.5. The number of nitrogens with one attached hydrogen (secondary N) is 2. The van der Waals surface area contributed by atoms with Gasteiger partial charge in [0.05, 0.1) is 0 Å². The molecular weight excluding hydrogens is 362 g/mol.